The van der Waals surface area contributed by atoms with Crippen molar-refractivity contribution in [3.8, 4) is 0 Å². The molecule has 24 heavy (non-hydrogen) atoms. The summed E-state index contributed by atoms with van der Waals surface area (Å²) in [6.07, 6.45) is 3.64. The second-order valence-electron chi connectivity index (χ2n) is 7.18. The summed E-state index contributed by atoms with van der Waals surface area (Å²) in [7, 11) is 0. The number of halogens is 2. The lowest BCUT2D eigenvalue weighted by Crippen LogP contribution is -2.33. The first kappa shape index (κ1) is 19.1. The van der Waals surface area contributed by atoms with Crippen molar-refractivity contribution in [2.45, 2.75) is 89.8 Å². The lowest BCUT2D eigenvalue weighted by Gasteiger charge is -2.37. The molecular formula is C18H28F2O4. The first-order valence-corrected chi connectivity index (χ1v) is 9.06. The van der Waals surface area contributed by atoms with Gasteiger partial charge in [0, 0.05) is 0 Å². The Bertz CT molecular complexity index is 383. The van der Waals surface area contributed by atoms with Gasteiger partial charge in [0.15, 0.2) is 12.3 Å². The van der Waals surface area contributed by atoms with Gasteiger partial charge in [0.1, 0.15) is 12.2 Å². The van der Waals surface area contributed by atoms with Crippen LogP contribution < -0.4 is 0 Å². The van der Waals surface area contributed by atoms with Gasteiger partial charge in [0.2, 0.25) is 0 Å². The van der Waals surface area contributed by atoms with Crippen molar-refractivity contribution in [1.29, 1.82) is 0 Å². The minimum Gasteiger partial charge on any atom is -0.460 e. The molecule has 6 heteroatoms. The SMILES string of the molecule is C[C@H](F)C(=O)OC1CCC(C2CCC(OC(=O)[C@H](C)F)CC2)CC1. The maximum atomic E-state index is 12.9. The van der Waals surface area contributed by atoms with E-state index in [2.05, 4.69) is 0 Å². The highest BCUT2D eigenvalue weighted by Gasteiger charge is 2.33. The van der Waals surface area contributed by atoms with E-state index in [0.29, 0.717) is 11.8 Å². The van der Waals surface area contributed by atoms with Gasteiger partial charge in [-0.15, -0.1) is 0 Å². The predicted octanol–water partition coefficient (Wildman–Crippen LogP) is 3.91. The van der Waals surface area contributed by atoms with Crippen molar-refractivity contribution in [3.05, 3.63) is 0 Å². The summed E-state index contributed by atoms with van der Waals surface area (Å²) in [5.41, 5.74) is 0. The molecule has 0 saturated heterocycles. The summed E-state index contributed by atoms with van der Waals surface area (Å²) in [6.45, 7) is 2.39. The molecule has 0 spiro atoms. The fourth-order valence-electron chi connectivity index (χ4n) is 3.87. The largest absolute Gasteiger partial charge is 0.460 e. The number of ether oxygens (including phenoxy) is 2. The number of hydrogen-bond donors (Lipinski definition) is 0. The molecule has 0 unspecified atom stereocenters. The summed E-state index contributed by atoms with van der Waals surface area (Å²) in [4.78, 5) is 22.6. The van der Waals surface area contributed by atoms with E-state index in [1.54, 1.807) is 0 Å². The van der Waals surface area contributed by atoms with Gasteiger partial charge in [-0.25, -0.2) is 18.4 Å². The highest BCUT2D eigenvalue weighted by atomic mass is 19.1. The third kappa shape index (κ3) is 5.42. The average molecular weight is 346 g/mol. The molecule has 2 aliphatic carbocycles. The second-order valence-corrected chi connectivity index (χ2v) is 7.18. The van der Waals surface area contributed by atoms with E-state index in [4.69, 9.17) is 9.47 Å². The van der Waals surface area contributed by atoms with Crippen molar-refractivity contribution in [1.82, 2.24) is 0 Å². The molecule has 2 rings (SSSR count). The number of esters is 2. The van der Waals surface area contributed by atoms with Crippen LogP contribution in [0, 0.1) is 11.8 Å². The Balaban J connectivity index is 1.69. The summed E-state index contributed by atoms with van der Waals surface area (Å²) in [5, 5.41) is 0. The van der Waals surface area contributed by atoms with Crippen LogP contribution in [-0.4, -0.2) is 36.5 Å². The fourth-order valence-corrected chi connectivity index (χ4v) is 3.87. The van der Waals surface area contributed by atoms with E-state index in [9.17, 15) is 18.4 Å². The molecule has 2 saturated carbocycles. The van der Waals surface area contributed by atoms with E-state index in [-0.39, 0.29) is 12.2 Å². The van der Waals surface area contributed by atoms with Gasteiger partial charge >= 0.3 is 11.9 Å². The Morgan fingerprint density at radius 3 is 1.25 bits per heavy atom. The molecule has 0 bridgehead atoms. The highest BCUT2D eigenvalue weighted by molar-refractivity contribution is 5.74. The van der Waals surface area contributed by atoms with Crippen LogP contribution in [0.1, 0.15) is 65.2 Å². The molecule has 0 heterocycles. The van der Waals surface area contributed by atoms with Crippen LogP contribution in [0.5, 0.6) is 0 Å². The third-order valence-corrected chi connectivity index (χ3v) is 5.32. The molecule has 0 aromatic rings. The molecule has 0 aliphatic heterocycles. The zero-order valence-corrected chi connectivity index (χ0v) is 14.5. The Kier molecular flexibility index (Phi) is 6.99. The van der Waals surface area contributed by atoms with Crippen LogP contribution in [-0.2, 0) is 19.1 Å². The molecule has 0 radical (unpaired) electrons. The molecule has 0 aromatic heterocycles. The van der Waals surface area contributed by atoms with Crippen LogP contribution in [0.3, 0.4) is 0 Å². The Labute approximate surface area is 142 Å². The van der Waals surface area contributed by atoms with E-state index in [1.807, 2.05) is 0 Å². The van der Waals surface area contributed by atoms with Gasteiger partial charge in [-0.2, -0.15) is 0 Å². The molecule has 0 amide bonds. The zero-order valence-electron chi connectivity index (χ0n) is 14.5. The summed E-state index contributed by atoms with van der Waals surface area (Å²) in [6, 6.07) is 0. The molecule has 2 fully saturated rings. The van der Waals surface area contributed by atoms with E-state index in [1.165, 1.54) is 13.8 Å². The van der Waals surface area contributed by atoms with Gasteiger partial charge in [-0.1, -0.05) is 0 Å². The van der Waals surface area contributed by atoms with Crippen LogP contribution in [0.25, 0.3) is 0 Å². The van der Waals surface area contributed by atoms with Crippen LogP contribution in [0.15, 0.2) is 0 Å². The maximum absolute atomic E-state index is 12.9. The van der Waals surface area contributed by atoms with Gasteiger partial charge in [-0.3, -0.25) is 0 Å². The number of carbonyl (C=O) groups excluding carboxylic acids is 2. The van der Waals surface area contributed by atoms with Crippen molar-refractivity contribution < 1.29 is 27.8 Å². The number of alkyl halides is 2. The number of rotatable bonds is 5. The molecule has 2 atom stereocenters. The minimum atomic E-state index is -1.56. The topological polar surface area (TPSA) is 52.6 Å². The monoisotopic (exact) mass is 346 g/mol. The molecule has 4 nitrogen and oxygen atoms in total. The summed E-state index contributed by atoms with van der Waals surface area (Å²) in [5.74, 6) is -0.357. The quantitative estimate of drug-likeness (QED) is 0.708. The molecule has 138 valence electrons. The van der Waals surface area contributed by atoms with E-state index >= 15 is 0 Å². The van der Waals surface area contributed by atoms with Crippen molar-refractivity contribution in [3.63, 3.8) is 0 Å². The van der Waals surface area contributed by atoms with Crippen molar-refractivity contribution in [2.75, 3.05) is 0 Å². The normalized spacial score (nSPS) is 33.3. The van der Waals surface area contributed by atoms with Gasteiger partial charge in [0.05, 0.1) is 0 Å². The smallest absolute Gasteiger partial charge is 0.340 e. The lowest BCUT2D eigenvalue weighted by molar-refractivity contribution is -0.158. The molecule has 0 aromatic carbocycles. The van der Waals surface area contributed by atoms with Crippen LogP contribution >= 0.6 is 0 Å². The molecular weight excluding hydrogens is 318 g/mol. The van der Waals surface area contributed by atoms with Crippen LogP contribution in [0.2, 0.25) is 0 Å². The Hall–Kier alpha value is -1.20. The first-order chi connectivity index (χ1) is 11.4. The number of hydrogen-bond acceptors (Lipinski definition) is 4. The molecule has 2 aliphatic rings. The van der Waals surface area contributed by atoms with Gasteiger partial charge in [-0.05, 0) is 77.0 Å². The molecule has 0 N–H and O–H groups in total. The lowest BCUT2D eigenvalue weighted by atomic mass is 9.72. The first-order valence-electron chi connectivity index (χ1n) is 9.06. The Morgan fingerprint density at radius 2 is 1.00 bits per heavy atom. The van der Waals surface area contributed by atoms with Crippen molar-refractivity contribution in [2.24, 2.45) is 11.8 Å². The van der Waals surface area contributed by atoms with Gasteiger partial charge < -0.3 is 9.47 Å². The summed E-state index contributed by atoms with van der Waals surface area (Å²) < 4.78 is 36.1. The number of carbonyl (C=O) groups is 2. The van der Waals surface area contributed by atoms with E-state index < -0.39 is 24.3 Å². The summed E-state index contributed by atoms with van der Waals surface area (Å²) >= 11 is 0. The third-order valence-electron chi connectivity index (χ3n) is 5.32. The van der Waals surface area contributed by atoms with Crippen LogP contribution in [0.4, 0.5) is 8.78 Å². The standard InChI is InChI=1S/C18H28F2O4/c1-11(19)17(21)23-15-7-3-13(4-8-15)14-5-9-16(10-6-14)24-18(22)12(2)20/h11-16H,3-10H2,1-2H3/t11-,12-,13?,14?,15?,16?/m0/s1. The minimum absolute atomic E-state index is 0.157. The Morgan fingerprint density at radius 1 is 0.708 bits per heavy atom. The predicted molar refractivity (Wildman–Crippen MR) is 84.8 cm³/mol. The maximum Gasteiger partial charge on any atom is 0.340 e. The fraction of sp³-hybridized carbons (Fsp3) is 0.889. The van der Waals surface area contributed by atoms with Crippen molar-refractivity contribution >= 4 is 11.9 Å². The highest BCUT2D eigenvalue weighted by Crippen LogP contribution is 2.39. The average Bonchev–Trinajstić information content (AvgIpc) is 2.56. The second kappa shape index (κ2) is 8.77. The van der Waals surface area contributed by atoms with Gasteiger partial charge in [0.25, 0.3) is 0 Å². The zero-order chi connectivity index (χ0) is 17.7. The van der Waals surface area contributed by atoms with E-state index in [0.717, 1.165) is 51.4 Å².